The first-order valence-electron chi connectivity index (χ1n) is 33.0. The van der Waals surface area contributed by atoms with Crippen LogP contribution in [0.5, 0.6) is 34.5 Å². The van der Waals surface area contributed by atoms with Crippen molar-refractivity contribution in [3.63, 3.8) is 0 Å². The number of amides is 5. The van der Waals surface area contributed by atoms with E-state index in [0.29, 0.717) is 152 Å². The molecule has 2 aliphatic carbocycles. The van der Waals surface area contributed by atoms with Crippen molar-refractivity contribution in [1.82, 2.24) is 24.8 Å². The first kappa shape index (κ1) is 67.6. The first-order valence-corrected chi connectivity index (χ1v) is 33.0. The highest BCUT2D eigenvalue weighted by atomic mass is 16.6. The summed E-state index contributed by atoms with van der Waals surface area (Å²) in [6, 6.07) is 32.3. The summed E-state index contributed by atoms with van der Waals surface area (Å²) in [5.74, 6) is 2.45. The molecule has 5 aliphatic rings. The molecular weight excluding hydrogens is 1220 g/mol. The number of aromatic amines is 1. The van der Waals surface area contributed by atoms with Crippen LogP contribution < -0.4 is 50.8 Å². The zero-order valence-corrected chi connectivity index (χ0v) is 55.9. The Morgan fingerprint density at radius 1 is 0.562 bits per heavy atom. The third-order valence-corrected chi connectivity index (χ3v) is 17.7. The highest BCUT2D eigenvalue weighted by Gasteiger charge is 2.38. The highest BCUT2D eigenvalue weighted by Crippen LogP contribution is 2.46. The van der Waals surface area contributed by atoms with E-state index >= 15 is 0 Å². The molecule has 0 radical (unpaired) electrons. The number of rotatable bonds is 20. The molecule has 2 saturated heterocycles. The van der Waals surface area contributed by atoms with E-state index in [9.17, 15) is 28.8 Å². The number of anilines is 1. The number of hydrogen-bond acceptors (Lipinski definition) is 16. The number of aromatic nitrogens is 3. The molecule has 0 spiro atoms. The maximum absolute atomic E-state index is 13.0. The molecule has 5 amide bonds. The van der Waals surface area contributed by atoms with Crippen LogP contribution in [0.3, 0.4) is 0 Å². The lowest BCUT2D eigenvalue weighted by Crippen LogP contribution is -2.42. The van der Waals surface area contributed by atoms with E-state index in [-0.39, 0.29) is 36.0 Å². The van der Waals surface area contributed by atoms with Gasteiger partial charge in [-0.3, -0.25) is 19.2 Å². The van der Waals surface area contributed by atoms with Crippen molar-refractivity contribution in [3.05, 3.63) is 147 Å². The van der Waals surface area contributed by atoms with Gasteiger partial charge in [0.2, 0.25) is 11.8 Å². The molecule has 22 heteroatoms. The predicted molar refractivity (Wildman–Crippen MR) is 362 cm³/mol. The number of hydrogen-bond donors (Lipinski definition) is 4. The molecule has 3 aliphatic heterocycles. The predicted octanol–water partition coefficient (Wildman–Crippen LogP) is 12.0. The maximum Gasteiger partial charge on any atom is 0.410 e. The number of methoxy groups -OCH3 is 2. The van der Waals surface area contributed by atoms with Gasteiger partial charge in [-0.25, -0.2) is 19.6 Å². The molecule has 12 rings (SSSR count). The van der Waals surface area contributed by atoms with Crippen LogP contribution in [0.2, 0.25) is 0 Å². The minimum atomic E-state index is -0.997. The Balaban J connectivity index is 0.000000195. The summed E-state index contributed by atoms with van der Waals surface area (Å²) >= 11 is 0. The van der Waals surface area contributed by atoms with E-state index in [1.165, 1.54) is 6.07 Å². The quantitative estimate of drug-likeness (QED) is 0.0516. The lowest BCUT2D eigenvalue weighted by atomic mass is 9.82. The maximum atomic E-state index is 13.0. The van der Waals surface area contributed by atoms with Gasteiger partial charge in [0.15, 0.2) is 0 Å². The fraction of sp³-hybridized carbons (Fsp3) is 0.432. The molecule has 506 valence electrons. The van der Waals surface area contributed by atoms with E-state index < -0.39 is 40.4 Å². The van der Waals surface area contributed by atoms with Gasteiger partial charge < -0.3 is 69.5 Å². The minimum absolute atomic E-state index is 0.0113. The molecule has 7 aromatic rings. The molecule has 2 saturated carbocycles. The molecule has 0 bridgehead atoms. The number of carbonyl (C=O) groups is 5. The summed E-state index contributed by atoms with van der Waals surface area (Å²) in [4.78, 5) is 92.2. The van der Waals surface area contributed by atoms with Crippen LogP contribution in [0.25, 0.3) is 33.5 Å². The second kappa shape index (κ2) is 29.0. The molecule has 1 atom stereocenters. The Labute approximate surface area is 558 Å². The third kappa shape index (κ3) is 16.8. The molecule has 4 fully saturated rings. The van der Waals surface area contributed by atoms with Crippen LogP contribution >= 0.6 is 0 Å². The van der Waals surface area contributed by atoms with Gasteiger partial charge in [0.05, 0.1) is 49.9 Å². The summed E-state index contributed by atoms with van der Waals surface area (Å²) in [5.41, 5.74) is 16.7. The van der Waals surface area contributed by atoms with Gasteiger partial charge in [0.1, 0.15) is 81.9 Å². The molecule has 3 aromatic heterocycles. The molecule has 6 N–H and O–H groups in total. The Morgan fingerprint density at radius 2 is 1.00 bits per heavy atom. The van der Waals surface area contributed by atoms with Gasteiger partial charge in [-0.15, -0.1) is 0 Å². The summed E-state index contributed by atoms with van der Waals surface area (Å²) in [7, 11) is 3.26. The number of H-pyrrole nitrogens is 1. The van der Waals surface area contributed by atoms with Gasteiger partial charge in [-0.1, -0.05) is 36.4 Å². The number of fused-ring (bicyclic) bond motifs is 2. The second-order valence-electron chi connectivity index (χ2n) is 27.3. The van der Waals surface area contributed by atoms with E-state index in [1.807, 2.05) is 139 Å². The lowest BCUT2D eigenvalue weighted by Gasteiger charge is -2.35. The number of pyridine rings is 3. The number of primary amides is 2. The van der Waals surface area contributed by atoms with Crippen LogP contribution in [0.15, 0.2) is 108 Å². The minimum Gasteiger partial charge on any atom is -0.497 e. The molecule has 96 heavy (non-hydrogen) atoms. The fourth-order valence-electron chi connectivity index (χ4n) is 12.1. The van der Waals surface area contributed by atoms with E-state index in [0.717, 1.165) is 65.0 Å². The standard InChI is InChI=1S/C37H44N4O7.C37H42N4O7/c2*1-37(2,3)48-36(44)41-16-14-24(15-17-41)26-19-29(39-34-27(26)18-28(33(38)42)35(43)40-34)32-30(46-20-22-8-9-22)6-5-7-31(32)47-21-23-10-12-25(45-4)13-11-23/h5-7,10-13,19,22,24,28H,8-9,14-18,20-21H2,1-4H3,(H2,38,42)(H,39,40,43);5-7,10-13,18-19,22,24H,8-9,14-17,20-21H2,1-4H3,(H2,38,42)(H,39,40,43). The monoisotopic (exact) mass is 1310 g/mol. The average molecular weight is 1310 g/mol. The summed E-state index contributed by atoms with van der Waals surface area (Å²) < 4.78 is 47.4. The molecular formula is C74H86N8O14. The summed E-state index contributed by atoms with van der Waals surface area (Å²) in [6.07, 6.45) is 6.65. The number of ether oxygens (including phenoxy) is 8. The normalized spacial score (nSPS) is 16.7. The second-order valence-corrected chi connectivity index (χ2v) is 27.3. The number of nitrogens with zero attached hydrogens (tertiary/aromatic N) is 4. The van der Waals surface area contributed by atoms with E-state index in [4.69, 9.17) is 59.3 Å². The van der Waals surface area contributed by atoms with Gasteiger partial charge in [0.25, 0.3) is 11.5 Å². The highest BCUT2D eigenvalue weighted by molar-refractivity contribution is 6.08. The number of nitrogens with two attached hydrogens (primary N) is 2. The third-order valence-electron chi connectivity index (χ3n) is 17.7. The number of likely N-dealkylation sites (tertiary alicyclic amines) is 2. The van der Waals surface area contributed by atoms with Crippen molar-refractivity contribution in [2.45, 2.75) is 136 Å². The van der Waals surface area contributed by atoms with Gasteiger partial charge >= 0.3 is 12.2 Å². The molecule has 22 nitrogen and oxygen atoms in total. The largest absolute Gasteiger partial charge is 0.497 e. The molecule has 6 heterocycles. The smallest absolute Gasteiger partial charge is 0.410 e. The Kier molecular flexibility index (Phi) is 20.4. The Hall–Kier alpha value is -9.86. The van der Waals surface area contributed by atoms with Crippen LogP contribution in [-0.2, 0) is 38.7 Å². The lowest BCUT2D eigenvalue weighted by molar-refractivity contribution is -0.130. The number of carbonyl (C=O) groups excluding carboxylic acids is 5. The summed E-state index contributed by atoms with van der Waals surface area (Å²) in [6.45, 7) is 14.9. The van der Waals surface area contributed by atoms with E-state index in [2.05, 4.69) is 10.3 Å². The van der Waals surface area contributed by atoms with Crippen LogP contribution in [0.4, 0.5) is 15.4 Å². The Bertz CT molecular complexity index is 4060. The van der Waals surface area contributed by atoms with Gasteiger partial charge in [0, 0.05) is 31.6 Å². The molecule has 1 unspecified atom stereocenters. The van der Waals surface area contributed by atoms with E-state index in [1.54, 1.807) is 24.0 Å². The zero-order valence-electron chi connectivity index (χ0n) is 55.9. The van der Waals surface area contributed by atoms with Crippen molar-refractivity contribution in [2.75, 3.05) is 58.9 Å². The van der Waals surface area contributed by atoms with Crippen LogP contribution in [-0.4, -0.2) is 119 Å². The SMILES string of the molecule is COc1ccc(COc2cccc(OCC3CC3)c2-c2cc(C3CCN(C(=O)OC(C)(C)C)CC3)c3c(n2)NC(=O)C(C(N)=O)C3)cc1.COc1ccc(COc2cccc(OCC3CC3)c2-c2cc(C3CCN(C(=O)OC(C)(C)C)CC3)c3cc(C(N)=O)c(=O)[nH]c3n2)cc1. The van der Waals surface area contributed by atoms with Gasteiger partial charge in [-0.05, 0) is 218 Å². The average Bonchev–Trinajstić information content (AvgIpc) is 0.983. The summed E-state index contributed by atoms with van der Waals surface area (Å²) in [5, 5.41) is 3.50. The Morgan fingerprint density at radius 3 is 1.43 bits per heavy atom. The van der Waals surface area contributed by atoms with Crippen molar-refractivity contribution >= 4 is 46.8 Å². The van der Waals surface area contributed by atoms with Crippen LogP contribution in [0, 0.1) is 17.8 Å². The number of piperidine rings is 2. The van der Waals surface area contributed by atoms with Crippen molar-refractivity contribution in [1.29, 1.82) is 0 Å². The first-order chi connectivity index (χ1) is 46.0. The number of benzene rings is 4. The molecule has 4 aromatic carbocycles. The fourth-order valence-corrected chi connectivity index (χ4v) is 12.1. The number of nitrogens with one attached hydrogen (secondary N) is 2. The van der Waals surface area contributed by atoms with Crippen LogP contribution in [0.1, 0.15) is 143 Å². The van der Waals surface area contributed by atoms with Crippen molar-refractivity contribution < 1.29 is 61.9 Å². The topological polar surface area (TPSA) is 288 Å². The van der Waals surface area contributed by atoms with Crippen molar-refractivity contribution in [2.24, 2.45) is 29.2 Å². The zero-order chi connectivity index (χ0) is 68.0. The van der Waals surface area contributed by atoms with Gasteiger partial charge in [-0.2, -0.15) is 0 Å². The van der Waals surface area contributed by atoms with Crippen molar-refractivity contribution in [3.8, 4) is 57.0 Å².